The minimum absolute atomic E-state index is 0.710. The van der Waals surface area contributed by atoms with E-state index in [1.807, 2.05) is 12.1 Å². The van der Waals surface area contributed by atoms with E-state index in [2.05, 4.69) is 24.1 Å². The van der Waals surface area contributed by atoms with Gasteiger partial charge < -0.3 is 4.90 Å². The third-order valence-electron chi connectivity index (χ3n) is 2.73. The first-order chi connectivity index (χ1) is 6.25. The van der Waals surface area contributed by atoms with Gasteiger partial charge in [0, 0.05) is 11.6 Å². The Hall–Kier alpha value is -0.530. The molecule has 0 saturated carbocycles. The van der Waals surface area contributed by atoms with Crippen LogP contribution in [0.2, 0.25) is 5.02 Å². The highest BCUT2D eigenvalue weighted by atomic mass is 35.5. The fourth-order valence-electron chi connectivity index (χ4n) is 1.94. The first-order valence-electron chi connectivity index (χ1n) is 4.70. The number of hydrogen-bond acceptors (Lipinski definition) is 1. The summed E-state index contributed by atoms with van der Waals surface area (Å²) in [6.45, 7) is 2.40. The van der Waals surface area contributed by atoms with Crippen molar-refractivity contribution in [1.29, 1.82) is 0 Å². The van der Waals surface area contributed by atoms with E-state index in [1.165, 1.54) is 25.1 Å². The number of hydrogen-bond donors (Lipinski definition) is 0. The molecule has 1 aliphatic heterocycles. The molecule has 1 unspecified atom stereocenters. The summed E-state index contributed by atoms with van der Waals surface area (Å²) in [4.78, 5) is 2.37. The van der Waals surface area contributed by atoms with Crippen LogP contribution in [-0.2, 0) is 0 Å². The highest BCUT2D eigenvalue weighted by Crippen LogP contribution is 2.26. The molecule has 0 radical (unpaired) electrons. The van der Waals surface area contributed by atoms with E-state index >= 15 is 0 Å². The first kappa shape index (κ1) is 9.04. The molecule has 2 rings (SSSR count). The van der Waals surface area contributed by atoms with Gasteiger partial charge in [-0.1, -0.05) is 23.7 Å². The third kappa shape index (κ3) is 2.04. The summed E-state index contributed by atoms with van der Waals surface area (Å²) in [6, 6.07) is 8.25. The fourth-order valence-corrected chi connectivity index (χ4v) is 2.07. The van der Waals surface area contributed by atoms with E-state index in [0.29, 0.717) is 5.92 Å². The Morgan fingerprint density at radius 1 is 1.31 bits per heavy atom. The maximum atomic E-state index is 5.84. The lowest BCUT2D eigenvalue weighted by Crippen LogP contribution is -2.13. The number of likely N-dealkylation sites (tertiary alicyclic amines) is 1. The van der Waals surface area contributed by atoms with Crippen LogP contribution in [0.4, 0.5) is 0 Å². The molecule has 2 heteroatoms. The van der Waals surface area contributed by atoms with Gasteiger partial charge in [-0.3, -0.25) is 0 Å². The van der Waals surface area contributed by atoms with Crippen molar-refractivity contribution < 1.29 is 0 Å². The van der Waals surface area contributed by atoms with Gasteiger partial charge in [0.05, 0.1) is 0 Å². The number of halogens is 1. The van der Waals surface area contributed by atoms with Gasteiger partial charge in [0.1, 0.15) is 0 Å². The van der Waals surface area contributed by atoms with Crippen molar-refractivity contribution in [3.05, 3.63) is 34.9 Å². The number of likely N-dealkylation sites (N-methyl/N-ethyl adjacent to an activating group) is 1. The lowest BCUT2D eigenvalue weighted by Gasteiger charge is -2.10. The van der Waals surface area contributed by atoms with Gasteiger partial charge in [-0.05, 0) is 43.6 Å². The summed E-state index contributed by atoms with van der Waals surface area (Å²) in [7, 11) is 2.18. The van der Waals surface area contributed by atoms with Crippen LogP contribution in [0, 0.1) is 0 Å². The zero-order valence-corrected chi connectivity index (χ0v) is 8.59. The van der Waals surface area contributed by atoms with Gasteiger partial charge in [-0.25, -0.2) is 0 Å². The Bertz CT molecular complexity index is 281. The minimum Gasteiger partial charge on any atom is -0.306 e. The van der Waals surface area contributed by atoms with Gasteiger partial charge in [0.2, 0.25) is 0 Å². The molecule has 1 saturated heterocycles. The standard InChI is InChI=1S/C11H14ClN/c1-13-7-6-10(8-13)9-2-4-11(12)5-3-9/h2-5,10H,6-8H2,1H3. The quantitative estimate of drug-likeness (QED) is 0.666. The zero-order chi connectivity index (χ0) is 9.26. The molecule has 0 amide bonds. The van der Waals surface area contributed by atoms with Crippen LogP contribution < -0.4 is 0 Å². The van der Waals surface area contributed by atoms with Crippen molar-refractivity contribution in [2.24, 2.45) is 0 Å². The minimum atomic E-state index is 0.710. The average Bonchev–Trinajstić information content (AvgIpc) is 2.53. The molecular weight excluding hydrogens is 182 g/mol. The summed E-state index contributed by atoms with van der Waals surface area (Å²) < 4.78 is 0. The van der Waals surface area contributed by atoms with E-state index in [1.54, 1.807) is 0 Å². The van der Waals surface area contributed by atoms with Crippen LogP contribution in [0.3, 0.4) is 0 Å². The van der Waals surface area contributed by atoms with E-state index in [-0.39, 0.29) is 0 Å². The topological polar surface area (TPSA) is 3.24 Å². The Morgan fingerprint density at radius 2 is 2.00 bits per heavy atom. The second kappa shape index (κ2) is 3.69. The lowest BCUT2D eigenvalue weighted by atomic mass is 9.99. The van der Waals surface area contributed by atoms with E-state index in [0.717, 1.165) is 5.02 Å². The Labute approximate surface area is 84.3 Å². The van der Waals surface area contributed by atoms with Gasteiger partial charge in [0.25, 0.3) is 0 Å². The Morgan fingerprint density at radius 3 is 2.54 bits per heavy atom. The summed E-state index contributed by atoms with van der Waals surface area (Å²) in [6.07, 6.45) is 1.28. The molecule has 0 aliphatic carbocycles. The maximum absolute atomic E-state index is 5.84. The maximum Gasteiger partial charge on any atom is 0.0406 e. The molecule has 1 aromatic rings. The van der Waals surface area contributed by atoms with E-state index in [4.69, 9.17) is 11.6 Å². The SMILES string of the molecule is CN1CCC(c2ccc(Cl)cc2)C1. The van der Waals surface area contributed by atoms with E-state index in [9.17, 15) is 0 Å². The molecule has 0 bridgehead atoms. The molecule has 1 fully saturated rings. The van der Waals surface area contributed by atoms with Crippen molar-refractivity contribution in [1.82, 2.24) is 4.90 Å². The molecule has 0 aromatic heterocycles. The first-order valence-corrected chi connectivity index (χ1v) is 5.07. The van der Waals surface area contributed by atoms with Crippen LogP contribution in [0.25, 0.3) is 0 Å². The van der Waals surface area contributed by atoms with Gasteiger partial charge >= 0.3 is 0 Å². The molecular formula is C11H14ClN. The van der Waals surface area contributed by atoms with Crippen LogP contribution >= 0.6 is 11.6 Å². The van der Waals surface area contributed by atoms with Gasteiger partial charge in [0.15, 0.2) is 0 Å². The predicted octanol–water partition coefficient (Wildman–Crippen LogP) is 2.76. The van der Waals surface area contributed by atoms with Gasteiger partial charge in [-0.2, -0.15) is 0 Å². The molecule has 70 valence electrons. The molecule has 1 atom stereocenters. The summed E-state index contributed by atoms with van der Waals surface area (Å²) >= 11 is 5.84. The number of nitrogens with zero attached hydrogens (tertiary/aromatic N) is 1. The van der Waals surface area contributed by atoms with Crippen LogP contribution in [0.5, 0.6) is 0 Å². The van der Waals surface area contributed by atoms with Crippen LogP contribution in [0.1, 0.15) is 17.9 Å². The summed E-state index contributed by atoms with van der Waals surface area (Å²) in [5.74, 6) is 0.710. The van der Waals surface area contributed by atoms with Crippen molar-refractivity contribution in [3.8, 4) is 0 Å². The predicted molar refractivity (Wildman–Crippen MR) is 56.3 cm³/mol. The second-order valence-electron chi connectivity index (χ2n) is 3.80. The van der Waals surface area contributed by atoms with Crippen molar-refractivity contribution in [2.75, 3.05) is 20.1 Å². The highest BCUT2D eigenvalue weighted by molar-refractivity contribution is 6.30. The van der Waals surface area contributed by atoms with Crippen LogP contribution in [-0.4, -0.2) is 25.0 Å². The molecule has 1 heterocycles. The van der Waals surface area contributed by atoms with Crippen molar-refractivity contribution in [2.45, 2.75) is 12.3 Å². The summed E-state index contributed by atoms with van der Waals surface area (Å²) in [5.41, 5.74) is 1.42. The number of benzene rings is 1. The molecule has 13 heavy (non-hydrogen) atoms. The molecule has 1 aliphatic rings. The smallest absolute Gasteiger partial charge is 0.0406 e. The normalized spacial score (nSPS) is 23.7. The number of rotatable bonds is 1. The van der Waals surface area contributed by atoms with Crippen molar-refractivity contribution in [3.63, 3.8) is 0 Å². The highest BCUT2D eigenvalue weighted by Gasteiger charge is 2.20. The van der Waals surface area contributed by atoms with E-state index < -0.39 is 0 Å². The Kier molecular flexibility index (Phi) is 2.56. The third-order valence-corrected chi connectivity index (χ3v) is 2.98. The largest absolute Gasteiger partial charge is 0.306 e. The monoisotopic (exact) mass is 195 g/mol. The molecule has 1 aromatic carbocycles. The summed E-state index contributed by atoms with van der Waals surface area (Å²) in [5, 5.41) is 0.829. The molecule has 0 spiro atoms. The van der Waals surface area contributed by atoms with Crippen LogP contribution in [0.15, 0.2) is 24.3 Å². The molecule has 0 N–H and O–H groups in total. The average molecular weight is 196 g/mol. The fraction of sp³-hybridized carbons (Fsp3) is 0.455. The molecule has 1 nitrogen and oxygen atoms in total. The Balaban J connectivity index is 2.13. The lowest BCUT2D eigenvalue weighted by molar-refractivity contribution is 0.411. The van der Waals surface area contributed by atoms with Gasteiger partial charge in [-0.15, -0.1) is 0 Å². The zero-order valence-electron chi connectivity index (χ0n) is 7.83. The van der Waals surface area contributed by atoms with Crippen molar-refractivity contribution >= 4 is 11.6 Å². The second-order valence-corrected chi connectivity index (χ2v) is 4.24.